The monoisotopic (exact) mass is 537 g/mol. The minimum Gasteiger partial charge on any atom is -0.489 e. The van der Waals surface area contributed by atoms with Crippen molar-refractivity contribution in [1.29, 1.82) is 0 Å². The molecule has 2 aliphatic heterocycles. The van der Waals surface area contributed by atoms with Gasteiger partial charge in [-0.2, -0.15) is 0 Å². The highest BCUT2D eigenvalue weighted by Crippen LogP contribution is 2.25. The molecule has 4 rings (SSSR count). The van der Waals surface area contributed by atoms with E-state index in [4.69, 9.17) is 14.3 Å². The number of hydrogen-bond donors (Lipinski definition) is 2. The lowest BCUT2D eigenvalue weighted by atomic mass is 10.0. The van der Waals surface area contributed by atoms with Crippen LogP contribution in [0.15, 0.2) is 54.1 Å². The Bertz CT molecular complexity index is 1040. The van der Waals surface area contributed by atoms with Gasteiger partial charge in [-0.05, 0) is 88.9 Å². The van der Waals surface area contributed by atoms with Crippen molar-refractivity contribution in [3.05, 3.63) is 54.1 Å². The number of nitrogens with zero attached hydrogens (tertiary/aromatic N) is 1. The summed E-state index contributed by atoms with van der Waals surface area (Å²) in [5, 5.41) is 6.12. The first-order valence-electron chi connectivity index (χ1n) is 14.9. The van der Waals surface area contributed by atoms with Gasteiger partial charge in [-0.15, -0.1) is 0 Å². The fourth-order valence-corrected chi connectivity index (χ4v) is 5.29. The normalized spacial score (nSPS) is 19.5. The van der Waals surface area contributed by atoms with E-state index in [1.54, 1.807) is 0 Å². The molecule has 0 bridgehead atoms. The molecule has 2 heterocycles. The van der Waals surface area contributed by atoms with Gasteiger partial charge in [0.2, 0.25) is 5.91 Å². The van der Waals surface area contributed by atoms with Crippen LogP contribution >= 0.6 is 0 Å². The number of ether oxygens (including phenoxy) is 2. The molecular weight excluding hydrogens is 490 g/mol. The van der Waals surface area contributed by atoms with Crippen LogP contribution in [0.2, 0.25) is 0 Å². The number of piperidine rings is 1. The molecule has 2 aliphatic rings. The number of fused-ring (bicyclic) bond motifs is 1. The predicted molar refractivity (Wildman–Crippen MR) is 157 cm³/mol. The summed E-state index contributed by atoms with van der Waals surface area (Å²) >= 11 is 0. The molecule has 2 aromatic carbocycles. The van der Waals surface area contributed by atoms with Gasteiger partial charge < -0.3 is 19.7 Å². The van der Waals surface area contributed by atoms with Crippen LogP contribution < -0.4 is 15.5 Å². The maximum absolute atomic E-state index is 12.2. The van der Waals surface area contributed by atoms with Crippen LogP contribution in [0.5, 0.6) is 5.75 Å². The lowest BCUT2D eigenvalue weighted by Crippen LogP contribution is -2.45. The van der Waals surface area contributed by atoms with E-state index in [1.807, 2.05) is 6.07 Å². The number of amides is 1. The number of likely N-dealkylation sites (tertiary alicyclic amines) is 1. The topological polar surface area (TPSA) is 72.1 Å². The number of benzene rings is 2. The van der Waals surface area contributed by atoms with Gasteiger partial charge in [0.15, 0.2) is 6.29 Å². The van der Waals surface area contributed by atoms with Crippen LogP contribution in [0.3, 0.4) is 0 Å². The van der Waals surface area contributed by atoms with Gasteiger partial charge in [0.25, 0.3) is 0 Å². The zero-order valence-corrected chi connectivity index (χ0v) is 23.8. The summed E-state index contributed by atoms with van der Waals surface area (Å²) in [6.45, 7) is 8.95. The fraction of sp³-hybridized carbons (Fsp3) is 0.594. The third-order valence-electron chi connectivity index (χ3n) is 7.77. The summed E-state index contributed by atoms with van der Waals surface area (Å²) in [6, 6.07) is 15.7. The van der Waals surface area contributed by atoms with Crippen LogP contribution in [-0.4, -0.2) is 62.0 Å². The van der Waals surface area contributed by atoms with E-state index in [2.05, 4.69) is 72.0 Å². The second-order valence-electron chi connectivity index (χ2n) is 11.1. The van der Waals surface area contributed by atoms with Crippen molar-refractivity contribution in [3.63, 3.8) is 0 Å². The molecule has 39 heavy (non-hydrogen) atoms. The lowest BCUT2D eigenvalue weighted by molar-refractivity contribution is -0.200. The molecule has 2 aromatic rings. The number of hydroxylamine groups is 1. The van der Waals surface area contributed by atoms with Crippen LogP contribution in [-0.2, 0) is 14.4 Å². The van der Waals surface area contributed by atoms with Gasteiger partial charge in [0.05, 0.1) is 0 Å². The van der Waals surface area contributed by atoms with Crippen molar-refractivity contribution >= 4 is 16.7 Å². The highest BCUT2D eigenvalue weighted by Gasteiger charge is 2.20. The lowest BCUT2D eigenvalue weighted by Gasteiger charge is -2.35. The van der Waals surface area contributed by atoms with E-state index in [0.29, 0.717) is 31.7 Å². The fourth-order valence-electron chi connectivity index (χ4n) is 5.29. The number of carbonyl (C=O) groups is 1. The number of hydrogen-bond acceptors (Lipinski definition) is 6. The standard InChI is InChI=1S/C32H47N3O4/c1-25(2)35-20-18-28(19-21-35)33-23-26(24-38-30-15-10-13-27-12-6-7-14-29(27)30)11-4-3-5-16-31(36)34-39-32-17-8-9-22-37-32/h6-7,10-15,25,28,32-33H,3-5,8-9,16-24H2,1-2H3,(H,34,36)/b26-11-. The summed E-state index contributed by atoms with van der Waals surface area (Å²) < 4.78 is 11.8. The van der Waals surface area contributed by atoms with E-state index in [0.717, 1.165) is 69.3 Å². The molecule has 2 saturated heterocycles. The van der Waals surface area contributed by atoms with Crippen molar-refractivity contribution in [2.24, 2.45) is 0 Å². The van der Waals surface area contributed by atoms with Crippen LogP contribution in [0, 0.1) is 0 Å². The van der Waals surface area contributed by atoms with Crippen molar-refractivity contribution < 1.29 is 19.1 Å². The first-order chi connectivity index (χ1) is 19.1. The van der Waals surface area contributed by atoms with Gasteiger partial charge >= 0.3 is 0 Å². The Hall–Kier alpha value is -2.45. The Morgan fingerprint density at radius 2 is 1.90 bits per heavy atom. The van der Waals surface area contributed by atoms with Crippen molar-refractivity contribution in [2.75, 3.05) is 32.8 Å². The summed E-state index contributed by atoms with van der Waals surface area (Å²) in [4.78, 5) is 20.1. The minimum absolute atomic E-state index is 0.0814. The Balaban J connectivity index is 1.24. The van der Waals surface area contributed by atoms with Crippen molar-refractivity contribution in [2.45, 2.75) is 90.0 Å². The molecule has 1 atom stereocenters. The maximum Gasteiger partial charge on any atom is 0.243 e. The first-order valence-corrected chi connectivity index (χ1v) is 14.9. The van der Waals surface area contributed by atoms with Gasteiger partial charge in [0.1, 0.15) is 12.4 Å². The van der Waals surface area contributed by atoms with E-state index in [1.165, 1.54) is 23.8 Å². The number of rotatable bonds is 14. The van der Waals surface area contributed by atoms with Crippen molar-refractivity contribution in [1.82, 2.24) is 15.7 Å². The van der Waals surface area contributed by atoms with Gasteiger partial charge in [-0.1, -0.05) is 42.5 Å². The quantitative estimate of drug-likeness (QED) is 0.182. The van der Waals surface area contributed by atoms with Crippen LogP contribution in [0.4, 0.5) is 0 Å². The number of carbonyl (C=O) groups excluding carboxylic acids is 1. The third-order valence-corrected chi connectivity index (χ3v) is 7.77. The van der Waals surface area contributed by atoms with Gasteiger partial charge in [0, 0.05) is 43.5 Å². The van der Waals surface area contributed by atoms with E-state index >= 15 is 0 Å². The molecule has 0 radical (unpaired) electrons. The zero-order valence-electron chi connectivity index (χ0n) is 23.8. The van der Waals surface area contributed by atoms with Gasteiger partial charge in [-0.3, -0.25) is 4.79 Å². The summed E-state index contributed by atoms with van der Waals surface area (Å²) in [5.41, 5.74) is 3.82. The molecule has 7 nitrogen and oxygen atoms in total. The molecule has 214 valence electrons. The highest BCUT2D eigenvalue weighted by molar-refractivity contribution is 5.88. The SMILES string of the molecule is CC(C)N1CCC(NC/C(=C/CCCCC(=O)NOC2CCCCO2)COc2cccc3ccccc23)CC1. The maximum atomic E-state index is 12.2. The van der Waals surface area contributed by atoms with E-state index < -0.39 is 0 Å². The first kappa shape index (κ1) is 29.5. The summed E-state index contributed by atoms with van der Waals surface area (Å²) in [7, 11) is 0. The Kier molecular flexibility index (Phi) is 12.1. The molecule has 2 fully saturated rings. The third kappa shape index (κ3) is 9.91. The number of unbranched alkanes of at least 4 members (excludes halogenated alkanes) is 2. The molecule has 0 aromatic heterocycles. The number of nitrogens with one attached hydrogen (secondary N) is 2. The molecule has 2 N–H and O–H groups in total. The predicted octanol–water partition coefficient (Wildman–Crippen LogP) is 5.74. The van der Waals surface area contributed by atoms with Crippen LogP contribution in [0.1, 0.15) is 71.6 Å². The molecule has 1 amide bonds. The van der Waals surface area contributed by atoms with E-state index in [9.17, 15) is 4.79 Å². The van der Waals surface area contributed by atoms with Crippen molar-refractivity contribution in [3.8, 4) is 5.75 Å². The molecule has 1 unspecified atom stereocenters. The highest BCUT2D eigenvalue weighted by atomic mass is 16.8. The molecule has 0 spiro atoms. The molecular formula is C32H47N3O4. The van der Waals surface area contributed by atoms with Gasteiger partial charge in [-0.25, -0.2) is 10.3 Å². The average molecular weight is 538 g/mol. The Morgan fingerprint density at radius 1 is 1.08 bits per heavy atom. The molecule has 7 heteroatoms. The van der Waals surface area contributed by atoms with Crippen LogP contribution in [0.25, 0.3) is 10.8 Å². The average Bonchev–Trinajstić information content (AvgIpc) is 2.97. The minimum atomic E-state index is -0.306. The smallest absolute Gasteiger partial charge is 0.243 e. The summed E-state index contributed by atoms with van der Waals surface area (Å²) in [6.07, 6.45) is 10.4. The zero-order chi connectivity index (χ0) is 27.3. The molecule has 0 aliphatic carbocycles. The van der Waals surface area contributed by atoms with E-state index in [-0.39, 0.29) is 12.2 Å². The molecule has 0 saturated carbocycles. The second kappa shape index (κ2) is 16.0. The second-order valence-corrected chi connectivity index (χ2v) is 11.1. The summed E-state index contributed by atoms with van der Waals surface area (Å²) in [5.74, 6) is 0.838. The Morgan fingerprint density at radius 3 is 2.69 bits per heavy atom. The number of allylic oxidation sites excluding steroid dienone is 1. The largest absolute Gasteiger partial charge is 0.489 e. The Labute approximate surface area is 234 Å².